The number of aromatic nitrogens is 1. The van der Waals surface area contributed by atoms with Crippen molar-refractivity contribution >= 4 is 11.3 Å². The topological polar surface area (TPSA) is 34.1 Å². The zero-order valence-electron chi connectivity index (χ0n) is 12.1. The number of ether oxygens (including phenoxy) is 1. The van der Waals surface area contributed by atoms with Gasteiger partial charge in [0.1, 0.15) is 5.75 Å². The molecule has 2 heterocycles. The molecule has 0 aliphatic carbocycles. The molecule has 21 heavy (non-hydrogen) atoms. The van der Waals surface area contributed by atoms with E-state index in [2.05, 4.69) is 22.1 Å². The van der Waals surface area contributed by atoms with Gasteiger partial charge in [0.15, 0.2) is 5.01 Å². The molecule has 108 valence electrons. The van der Waals surface area contributed by atoms with Gasteiger partial charge in [-0.15, -0.1) is 11.3 Å². The van der Waals surface area contributed by atoms with Gasteiger partial charge in [-0.2, -0.15) is 0 Å². The number of rotatable bonds is 2. The summed E-state index contributed by atoms with van der Waals surface area (Å²) in [4.78, 5) is 5.72. The van der Waals surface area contributed by atoms with Crippen LogP contribution in [0.3, 0.4) is 0 Å². The number of nitrogens with one attached hydrogen (secondary N) is 1. The van der Waals surface area contributed by atoms with Crippen LogP contribution in [0.2, 0.25) is 0 Å². The van der Waals surface area contributed by atoms with Crippen LogP contribution in [0.5, 0.6) is 5.75 Å². The second-order valence-corrected chi connectivity index (χ2v) is 6.11. The van der Waals surface area contributed by atoms with Gasteiger partial charge >= 0.3 is 0 Å². The van der Waals surface area contributed by atoms with Crippen molar-refractivity contribution in [2.24, 2.45) is 0 Å². The van der Waals surface area contributed by atoms with Gasteiger partial charge in [-0.3, -0.25) is 0 Å². The fourth-order valence-corrected chi connectivity index (χ4v) is 3.28. The molecule has 1 atom stereocenters. The van der Waals surface area contributed by atoms with Gasteiger partial charge in [0.25, 0.3) is 0 Å². The summed E-state index contributed by atoms with van der Waals surface area (Å²) in [5.74, 6) is 7.14. The summed E-state index contributed by atoms with van der Waals surface area (Å²) in [5.41, 5.74) is 0.975. The maximum atomic E-state index is 5.14. The van der Waals surface area contributed by atoms with E-state index in [1.165, 1.54) is 24.1 Å². The van der Waals surface area contributed by atoms with Crippen molar-refractivity contribution in [1.29, 1.82) is 0 Å². The van der Waals surface area contributed by atoms with Crippen molar-refractivity contribution in [3.05, 3.63) is 45.9 Å². The normalized spacial score (nSPS) is 17.9. The van der Waals surface area contributed by atoms with Gasteiger partial charge in [-0.25, -0.2) is 4.98 Å². The molecule has 0 spiro atoms. The van der Waals surface area contributed by atoms with Crippen LogP contribution in [0.25, 0.3) is 0 Å². The summed E-state index contributed by atoms with van der Waals surface area (Å²) < 4.78 is 5.14. The lowest BCUT2D eigenvalue weighted by Gasteiger charge is -2.21. The van der Waals surface area contributed by atoms with Crippen molar-refractivity contribution in [2.45, 2.75) is 25.3 Å². The van der Waals surface area contributed by atoms with Crippen molar-refractivity contribution in [1.82, 2.24) is 10.3 Å². The third-order valence-electron chi connectivity index (χ3n) is 3.58. The van der Waals surface area contributed by atoms with Crippen LogP contribution < -0.4 is 10.1 Å². The third-order valence-corrected chi connectivity index (χ3v) is 4.61. The van der Waals surface area contributed by atoms with Crippen LogP contribution in [0, 0.1) is 11.8 Å². The first-order valence-corrected chi connectivity index (χ1v) is 8.02. The fourth-order valence-electron chi connectivity index (χ4n) is 2.40. The number of hydrogen-bond acceptors (Lipinski definition) is 4. The van der Waals surface area contributed by atoms with Crippen molar-refractivity contribution in [2.75, 3.05) is 13.7 Å². The van der Waals surface area contributed by atoms with Gasteiger partial charge in [0.2, 0.25) is 0 Å². The maximum Gasteiger partial charge on any atom is 0.167 e. The van der Waals surface area contributed by atoms with Crippen molar-refractivity contribution in [3.63, 3.8) is 0 Å². The molecule has 3 nitrogen and oxygen atoms in total. The Morgan fingerprint density at radius 2 is 2.10 bits per heavy atom. The minimum Gasteiger partial charge on any atom is -0.497 e. The molecule has 4 heteroatoms. The molecule has 0 bridgehead atoms. The summed E-state index contributed by atoms with van der Waals surface area (Å²) in [7, 11) is 1.66. The third kappa shape index (κ3) is 3.63. The first kappa shape index (κ1) is 14.1. The van der Waals surface area contributed by atoms with Crippen molar-refractivity contribution in [3.8, 4) is 17.6 Å². The average molecular weight is 298 g/mol. The molecular weight excluding hydrogens is 280 g/mol. The molecule has 1 N–H and O–H groups in total. The van der Waals surface area contributed by atoms with Crippen LogP contribution in [0.4, 0.5) is 0 Å². The van der Waals surface area contributed by atoms with E-state index in [-0.39, 0.29) is 0 Å². The summed E-state index contributed by atoms with van der Waals surface area (Å²) >= 11 is 1.69. The van der Waals surface area contributed by atoms with E-state index < -0.39 is 0 Å². The molecule has 0 amide bonds. The highest BCUT2D eigenvalue weighted by molar-refractivity contribution is 7.12. The molecule has 1 saturated heterocycles. The molecule has 3 rings (SSSR count). The monoisotopic (exact) mass is 298 g/mol. The van der Waals surface area contributed by atoms with E-state index in [1.807, 2.05) is 30.5 Å². The van der Waals surface area contributed by atoms with Gasteiger partial charge in [0.05, 0.1) is 7.11 Å². The van der Waals surface area contributed by atoms with Gasteiger partial charge in [-0.05, 0) is 49.6 Å². The summed E-state index contributed by atoms with van der Waals surface area (Å²) in [5, 5.41) is 4.43. The zero-order valence-corrected chi connectivity index (χ0v) is 12.9. The molecule has 1 aromatic carbocycles. The molecule has 1 fully saturated rings. The van der Waals surface area contributed by atoms with Crippen LogP contribution >= 0.6 is 11.3 Å². The van der Waals surface area contributed by atoms with Gasteiger partial charge in [-0.1, -0.05) is 12.3 Å². The predicted octanol–water partition coefficient (Wildman–Crippen LogP) is 3.37. The van der Waals surface area contributed by atoms with Crippen molar-refractivity contribution < 1.29 is 4.74 Å². The Morgan fingerprint density at radius 3 is 2.81 bits per heavy atom. The molecule has 1 aliphatic heterocycles. The maximum absolute atomic E-state index is 5.14. The van der Waals surface area contributed by atoms with Crippen LogP contribution in [0.15, 0.2) is 30.5 Å². The Morgan fingerprint density at radius 1 is 1.24 bits per heavy atom. The number of nitrogens with zero attached hydrogens (tertiary/aromatic N) is 1. The summed E-state index contributed by atoms with van der Waals surface area (Å²) in [6, 6.07) is 8.23. The highest BCUT2D eigenvalue weighted by Gasteiger charge is 2.16. The molecule has 1 aromatic heterocycles. The Hall–Kier alpha value is -1.83. The van der Waals surface area contributed by atoms with Crippen LogP contribution in [-0.4, -0.2) is 18.6 Å². The average Bonchev–Trinajstić information content (AvgIpc) is 3.03. The number of hydrogen-bond donors (Lipinski definition) is 1. The molecule has 1 unspecified atom stereocenters. The standard InChI is InChI=1S/C17H18N2OS/c1-20-14-8-5-13(6-9-14)7-10-17-19-12-16(21-17)15-4-2-3-11-18-15/h5-6,8-9,12,15,18H,2-4,11H2,1H3. The Kier molecular flexibility index (Phi) is 4.54. The SMILES string of the molecule is COc1ccc(C#Cc2ncc(C3CCCCN3)s2)cc1. The lowest BCUT2D eigenvalue weighted by atomic mass is 10.0. The zero-order chi connectivity index (χ0) is 14.5. The molecule has 2 aromatic rings. The summed E-state index contributed by atoms with van der Waals surface area (Å²) in [6.07, 6.45) is 5.74. The Balaban J connectivity index is 1.70. The predicted molar refractivity (Wildman–Crippen MR) is 85.7 cm³/mol. The van der Waals surface area contributed by atoms with E-state index in [0.717, 1.165) is 22.9 Å². The molecular formula is C17H18N2OS. The number of benzene rings is 1. The molecule has 1 aliphatic rings. The minimum atomic E-state index is 0.466. The summed E-state index contributed by atoms with van der Waals surface area (Å²) in [6.45, 7) is 1.11. The fraction of sp³-hybridized carbons (Fsp3) is 0.353. The number of methoxy groups -OCH3 is 1. The van der Waals surface area contributed by atoms with E-state index in [1.54, 1.807) is 18.4 Å². The Bertz CT molecular complexity index is 645. The lowest BCUT2D eigenvalue weighted by molar-refractivity contribution is 0.415. The minimum absolute atomic E-state index is 0.466. The van der Waals surface area contributed by atoms with E-state index in [9.17, 15) is 0 Å². The smallest absolute Gasteiger partial charge is 0.167 e. The number of thiazole rings is 1. The number of piperidine rings is 1. The second kappa shape index (κ2) is 6.75. The lowest BCUT2D eigenvalue weighted by Crippen LogP contribution is -2.25. The second-order valence-electron chi connectivity index (χ2n) is 5.05. The largest absolute Gasteiger partial charge is 0.497 e. The quantitative estimate of drug-likeness (QED) is 0.863. The molecule has 0 saturated carbocycles. The van der Waals surface area contributed by atoms with E-state index in [4.69, 9.17) is 4.74 Å². The molecule has 0 radical (unpaired) electrons. The van der Waals surface area contributed by atoms with E-state index in [0.29, 0.717) is 6.04 Å². The van der Waals surface area contributed by atoms with Crippen LogP contribution in [0.1, 0.15) is 40.8 Å². The van der Waals surface area contributed by atoms with E-state index >= 15 is 0 Å². The Labute approximate surface area is 129 Å². The first-order valence-electron chi connectivity index (χ1n) is 7.20. The highest BCUT2D eigenvalue weighted by atomic mass is 32.1. The van der Waals surface area contributed by atoms with Gasteiger partial charge < -0.3 is 10.1 Å². The highest BCUT2D eigenvalue weighted by Crippen LogP contribution is 2.27. The van der Waals surface area contributed by atoms with Gasteiger partial charge in [0, 0.05) is 22.7 Å². The first-order chi connectivity index (χ1) is 10.3. The van der Waals surface area contributed by atoms with Crippen LogP contribution in [-0.2, 0) is 0 Å².